The first-order valence-electron chi connectivity index (χ1n) is 5.50. The second-order valence-corrected chi connectivity index (χ2v) is 4.04. The Hall–Kier alpha value is -1.77. The molecule has 0 aromatic carbocycles. The van der Waals surface area contributed by atoms with E-state index in [-0.39, 0.29) is 5.91 Å². The summed E-state index contributed by atoms with van der Waals surface area (Å²) >= 11 is 0. The van der Waals surface area contributed by atoms with Crippen LogP contribution >= 0.6 is 0 Å². The fraction of sp³-hybridized carbons (Fsp3) is 0.308. The Morgan fingerprint density at radius 1 is 1.38 bits per heavy atom. The zero-order valence-corrected chi connectivity index (χ0v) is 9.85. The number of carbonyl (C=O) groups excluding carboxylic acids is 1. The zero-order chi connectivity index (χ0) is 11.7. The Bertz CT molecular complexity index is 492. The molecular formula is C13H16N2O. The number of allylic oxidation sites excluding steroid dienone is 1. The van der Waals surface area contributed by atoms with Crippen LogP contribution in [0.2, 0.25) is 0 Å². The number of carbonyl (C=O) groups is 1. The molecule has 2 heterocycles. The highest BCUT2D eigenvalue weighted by atomic mass is 16.1. The minimum Gasteiger partial charge on any atom is -0.361 e. The van der Waals surface area contributed by atoms with Gasteiger partial charge in [-0.1, -0.05) is 6.92 Å². The molecule has 3 heteroatoms. The van der Waals surface area contributed by atoms with Crippen LogP contribution in [0.5, 0.6) is 0 Å². The second kappa shape index (κ2) is 4.00. The van der Waals surface area contributed by atoms with Crippen molar-refractivity contribution in [2.45, 2.75) is 27.2 Å². The van der Waals surface area contributed by atoms with Gasteiger partial charge in [0.25, 0.3) is 5.91 Å². The van der Waals surface area contributed by atoms with Gasteiger partial charge in [-0.15, -0.1) is 0 Å². The summed E-state index contributed by atoms with van der Waals surface area (Å²) < 4.78 is 0. The molecule has 2 N–H and O–H groups in total. The lowest BCUT2D eigenvalue weighted by Gasteiger charge is -2.02. The predicted molar refractivity (Wildman–Crippen MR) is 64.6 cm³/mol. The molecule has 3 nitrogen and oxygen atoms in total. The first kappa shape index (κ1) is 10.7. The van der Waals surface area contributed by atoms with E-state index < -0.39 is 0 Å². The summed E-state index contributed by atoms with van der Waals surface area (Å²) in [7, 11) is 0. The molecule has 0 bridgehead atoms. The number of hydrogen-bond donors (Lipinski definition) is 2. The van der Waals surface area contributed by atoms with E-state index in [1.807, 2.05) is 32.2 Å². The van der Waals surface area contributed by atoms with E-state index in [2.05, 4.69) is 17.2 Å². The molecule has 2 rings (SSSR count). The van der Waals surface area contributed by atoms with Gasteiger partial charge in [-0.3, -0.25) is 4.79 Å². The molecule has 1 aromatic heterocycles. The van der Waals surface area contributed by atoms with E-state index in [1.54, 1.807) is 0 Å². The maximum atomic E-state index is 11.5. The highest BCUT2D eigenvalue weighted by molar-refractivity contribution is 6.00. The number of amides is 1. The number of nitrogens with one attached hydrogen (secondary N) is 2. The maximum Gasteiger partial charge on any atom is 0.251 e. The zero-order valence-electron chi connectivity index (χ0n) is 9.85. The summed E-state index contributed by atoms with van der Waals surface area (Å²) in [5.74, 6) is 0.0207. The fourth-order valence-corrected chi connectivity index (χ4v) is 1.97. The van der Waals surface area contributed by atoms with Gasteiger partial charge >= 0.3 is 0 Å². The van der Waals surface area contributed by atoms with Gasteiger partial charge in [0.15, 0.2) is 0 Å². The topological polar surface area (TPSA) is 44.9 Å². The molecule has 0 aliphatic carbocycles. The molecule has 1 aliphatic heterocycles. The quantitative estimate of drug-likeness (QED) is 0.784. The summed E-state index contributed by atoms with van der Waals surface area (Å²) in [6, 6.07) is 2.02. The number of aryl methyl sites for hydroxylation is 1. The van der Waals surface area contributed by atoms with Crippen molar-refractivity contribution in [3.8, 4) is 0 Å². The average Bonchev–Trinajstić information content (AvgIpc) is 2.75. The molecule has 0 radical (unpaired) electrons. The van der Waals surface area contributed by atoms with E-state index in [4.69, 9.17) is 0 Å². The number of hydrogen-bond acceptors (Lipinski definition) is 1. The Labute approximate surface area is 95.3 Å². The van der Waals surface area contributed by atoms with Crippen LogP contribution in [0.1, 0.15) is 31.5 Å². The van der Waals surface area contributed by atoms with Crippen molar-refractivity contribution >= 4 is 12.0 Å². The van der Waals surface area contributed by atoms with Crippen LogP contribution in [0.25, 0.3) is 6.08 Å². The highest BCUT2D eigenvalue weighted by Crippen LogP contribution is 2.25. The maximum absolute atomic E-state index is 11.5. The van der Waals surface area contributed by atoms with Crippen LogP contribution in [0.4, 0.5) is 0 Å². The van der Waals surface area contributed by atoms with E-state index in [9.17, 15) is 4.79 Å². The summed E-state index contributed by atoms with van der Waals surface area (Å²) in [4.78, 5) is 14.7. The van der Waals surface area contributed by atoms with Crippen molar-refractivity contribution in [2.24, 2.45) is 0 Å². The van der Waals surface area contributed by atoms with Crippen LogP contribution in [0, 0.1) is 6.92 Å². The van der Waals surface area contributed by atoms with Gasteiger partial charge in [0.05, 0.1) is 0 Å². The number of aromatic nitrogens is 1. The van der Waals surface area contributed by atoms with E-state index >= 15 is 0 Å². The van der Waals surface area contributed by atoms with E-state index in [0.29, 0.717) is 0 Å². The van der Waals surface area contributed by atoms with Crippen molar-refractivity contribution in [1.82, 2.24) is 10.3 Å². The van der Waals surface area contributed by atoms with Crippen molar-refractivity contribution < 1.29 is 4.79 Å². The lowest BCUT2D eigenvalue weighted by atomic mass is 10.1. The molecule has 1 aromatic rings. The Balaban J connectivity index is 2.40. The van der Waals surface area contributed by atoms with Gasteiger partial charge in [0.2, 0.25) is 0 Å². The largest absolute Gasteiger partial charge is 0.361 e. The van der Waals surface area contributed by atoms with Crippen molar-refractivity contribution in [2.75, 3.05) is 0 Å². The first-order chi connectivity index (χ1) is 7.63. The van der Waals surface area contributed by atoms with Gasteiger partial charge in [-0.05, 0) is 43.5 Å². The van der Waals surface area contributed by atoms with Gasteiger partial charge in [0, 0.05) is 23.2 Å². The normalized spacial score (nSPS) is 18.4. The van der Waals surface area contributed by atoms with Crippen LogP contribution in [-0.2, 0) is 4.79 Å². The molecule has 84 valence electrons. The third-order valence-corrected chi connectivity index (χ3v) is 3.01. The molecule has 0 saturated heterocycles. The molecule has 0 unspecified atom stereocenters. The first-order valence-corrected chi connectivity index (χ1v) is 5.50. The summed E-state index contributed by atoms with van der Waals surface area (Å²) in [6.07, 6.45) is 4.78. The summed E-state index contributed by atoms with van der Waals surface area (Å²) in [6.45, 7) is 5.98. The van der Waals surface area contributed by atoms with Crippen LogP contribution in [0.3, 0.4) is 0 Å². The van der Waals surface area contributed by atoms with Crippen LogP contribution in [0.15, 0.2) is 29.1 Å². The van der Waals surface area contributed by atoms with Crippen molar-refractivity contribution in [1.29, 1.82) is 0 Å². The lowest BCUT2D eigenvalue weighted by Crippen LogP contribution is -2.15. The van der Waals surface area contributed by atoms with Gasteiger partial charge in [-0.25, -0.2) is 0 Å². The number of rotatable bonds is 2. The van der Waals surface area contributed by atoms with E-state index in [0.717, 1.165) is 29.0 Å². The van der Waals surface area contributed by atoms with Crippen LogP contribution < -0.4 is 5.32 Å². The van der Waals surface area contributed by atoms with Gasteiger partial charge < -0.3 is 10.3 Å². The lowest BCUT2D eigenvalue weighted by molar-refractivity contribution is -0.116. The van der Waals surface area contributed by atoms with E-state index in [1.165, 1.54) is 5.56 Å². The Morgan fingerprint density at radius 2 is 2.12 bits per heavy atom. The molecule has 1 amide bonds. The fourth-order valence-electron chi connectivity index (χ4n) is 1.97. The molecular weight excluding hydrogens is 200 g/mol. The highest BCUT2D eigenvalue weighted by Gasteiger charge is 2.22. The molecule has 16 heavy (non-hydrogen) atoms. The predicted octanol–water partition coefficient (Wildman–Crippen LogP) is 2.52. The minimum atomic E-state index is 0.0207. The Kier molecular flexibility index (Phi) is 2.69. The van der Waals surface area contributed by atoms with Crippen molar-refractivity contribution in [3.63, 3.8) is 0 Å². The smallest absolute Gasteiger partial charge is 0.251 e. The summed E-state index contributed by atoms with van der Waals surface area (Å²) in [5, 5.41) is 2.90. The number of H-pyrrole nitrogens is 1. The monoisotopic (exact) mass is 216 g/mol. The molecule has 0 spiro atoms. The minimum absolute atomic E-state index is 0.0207. The number of aromatic amines is 1. The van der Waals surface area contributed by atoms with Gasteiger partial charge in [-0.2, -0.15) is 0 Å². The SMILES string of the molecule is CCC1=C(C)C(=O)N/C1=C\c1[nH]ccc1C. The third-order valence-electron chi connectivity index (χ3n) is 3.01. The molecule has 1 aliphatic rings. The molecule has 0 fully saturated rings. The van der Waals surface area contributed by atoms with Crippen LogP contribution in [-0.4, -0.2) is 10.9 Å². The standard InChI is InChI=1S/C13H16N2O/c1-4-10-9(3)13(16)15-12(10)7-11-8(2)5-6-14-11/h5-7,14H,4H2,1-3H3,(H,15,16)/b12-7-. The van der Waals surface area contributed by atoms with Crippen molar-refractivity contribution in [3.05, 3.63) is 40.4 Å². The average molecular weight is 216 g/mol. The molecule has 0 atom stereocenters. The molecule has 0 saturated carbocycles. The third kappa shape index (κ3) is 1.69. The van der Waals surface area contributed by atoms with Gasteiger partial charge in [0.1, 0.15) is 0 Å². The Morgan fingerprint density at radius 3 is 2.69 bits per heavy atom. The second-order valence-electron chi connectivity index (χ2n) is 4.04. The summed E-state index contributed by atoms with van der Waals surface area (Å²) in [5.41, 5.74) is 5.10.